The van der Waals surface area contributed by atoms with E-state index in [-0.39, 0.29) is 11.1 Å². The van der Waals surface area contributed by atoms with Gasteiger partial charge in [-0.2, -0.15) is 0 Å². The molecule has 1 rings (SSSR count). The summed E-state index contributed by atoms with van der Waals surface area (Å²) in [5, 5.41) is 8.85. The van der Waals surface area contributed by atoms with Gasteiger partial charge in [0.25, 0.3) is 5.56 Å². The van der Waals surface area contributed by atoms with Crippen LogP contribution in [0.3, 0.4) is 0 Å². The molecule has 0 aromatic carbocycles. The molecule has 0 aliphatic heterocycles. The number of rotatable bonds is 7. The molecule has 0 amide bonds. The van der Waals surface area contributed by atoms with Gasteiger partial charge in [-0.25, -0.2) is 4.79 Å². The number of aromatic nitrogens is 1. The maximum absolute atomic E-state index is 11.5. The highest BCUT2D eigenvalue weighted by molar-refractivity contribution is 5.87. The number of carbonyl (C=O) groups is 1. The van der Waals surface area contributed by atoms with Crippen molar-refractivity contribution in [2.24, 2.45) is 0 Å². The Hall–Kier alpha value is -1.66. The number of aromatic carboxylic acids is 1. The van der Waals surface area contributed by atoms with Gasteiger partial charge in [0.15, 0.2) is 0 Å². The molecule has 0 fully saturated rings. The minimum atomic E-state index is -1.03. The van der Waals surface area contributed by atoms with E-state index in [4.69, 9.17) is 9.84 Å². The topological polar surface area (TPSA) is 71.8 Å². The molecule has 0 saturated heterocycles. The summed E-state index contributed by atoms with van der Waals surface area (Å²) in [7, 11) is 3.56. The fourth-order valence-electron chi connectivity index (χ4n) is 1.47. The lowest BCUT2D eigenvalue weighted by Gasteiger charge is -2.16. The van der Waals surface area contributed by atoms with Gasteiger partial charge in [0.2, 0.25) is 0 Å². The zero-order valence-corrected chi connectivity index (χ0v) is 10.6. The molecule has 0 spiro atoms. The van der Waals surface area contributed by atoms with Gasteiger partial charge in [-0.15, -0.1) is 0 Å². The van der Waals surface area contributed by atoms with Gasteiger partial charge in [-0.1, -0.05) is 0 Å². The predicted octanol–water partition coefficient (Wildman–Crippen LogP) is 0.125. The number of nitrogens with zero attached hydrogens (tertiary/aromatic N) is 2. The van der Waals surface area contributed by atoms with E-state index in [9.17, 15) is 9.59 Å². The van der Waals surface area contributed by atoms with Crippen LogP contribution in [-0.4, -0.2) is 54.4 Å². The summed E-state index contributed by atoms with van der Waals surface area (Å²) >= 11 is 0. The van der Waals surface area contributed by atoms with Gasteiger partial charge in [0.1, 0.15) is 0 Å². The number of ether oxygens (including phenoxy) is 1. The van der Waals surface area contributed by atoms with E-state index in [1.54, 1.807) is 7.11 Å². The SMILES string of the molecule is COCCN(C)CCn1cc(C(=O)O)ccc1=O. The lowest BCUT2D eigenvalue weighted by Crippen LogP contribution is -2.30. The van der Waals surface area contributed by atoms with Gasteiger partial charge >= 0.3 is 5.97 Å². The Kier molecular flexibility index (Phi) is 5.54. The zero-order valence-electron chi connectivity index (χ0n) is 10.6. The summed E-state index contributed by atoms with van der Waals surface area (Å²) in [4.78, 5) is 24.4. The van der Waals surface area contributed by atoms with E-state index in [0.717, 1.165) is 6.54 Å². The molecular weight excluding hydrogens is 236 g/mol. The second-order valence-corrected chi connectivity index (χ2v) is 4.05. The van der Waals surface area contributed by atoms with Crippen LogP contribution in [0.2, 0.25) is 0 Å². The molecule has 0 aliphatic carbocycles. The Labute approximate surface area is 105 Å². The van der Waals surface area contributed by atoms with Crippen molar-refractivity contribution >= 4 is 5.97 Å². The van der Waals surface area contributed by atoms with Crippen molar-refractivity contribution in [2.75, 3.05) is 33.9 Å². The summed E-state index contributed by atoms with van der Waals surface area (Å²) in [5.74, 6) is -1.03. The molecule has 1 aromatic rings. The number of likely N-dealkylation sites (N-methyl/N-ethyl adjacent to an activating group) is 1. The van der Waals surface area contributed by atoms with Gasteiger partial charge in [-0.3, -0.25) is 4.79 Å². The molecule has 0 aliphatic rings. The molecule has 6 nitrogen and oxygen atoms in total. The van der Waals surface area contributed by atoms with E-state index in [1.165, 1.54) is 22.9 Å². The predicted molar refractivity (Wildman–Crippen MR) is 67.0 cm³/mol. The van der Waals surface area contributed by atoms with Crippen LogP contribution in [0, 0.1) is 0 Å². The molecule has 18 heavy (non-hydrogen) atoms. The normalized spacial score (nSPS) is 10.8. The van der Waals surface area contributed by atoms with E-state index in [2.05, 4.69) is 0 Å². The van der Waals surface area contributed by atoms with Crippen LogP contribution in [0.15, 0.2) is 23.1 Å². The summed E-state index contributed by atoms with van der Waals surface area (Å²) < 4.78 is 6.36. The van der Waals surface area contributed by atoms with Gasteiger partial charge in [0, 0.05) is 39.0 Å². The first-order valence-electron chi connectivity index (χ1n) is 5.66. The number of hydrogen-bond donors (Lipinski definition) is 1. The number of methoxy groups -OCH3 is 1. The van der Waals surface area contributed by atoms with E-state index in [0.29, 0.717) is 19.7 Å². The third-order valence-corrected chi connectivity index (χ3v) is 2.63. The lowest BCUT2D eigenvalue weighted by molar-refractivity contribution is 0.0695. The van der Waals surface area contributed by atoms with Crippen LogP contribution in [0.4, 0.5) is 0 Å². The van der Waals surface area contributed by atoms with Crippen molar-refractivity contribution in [1.29, 1.82) is 0 Å². The van der Waals surface area contributed by atoms with Crippen LogP contribution < -0.4 is 5.56 Å². The standard InChI is InChI=1S/C12H18N2O4/c1-13(7-8-18-2)5-6-14-9-10(12(16)17)3-4-11(14)15/h3-4,9H,5-8H2,1-2H3,(H,16,17). The molecule has 1 heterocycles. The summed E-state index contributed by atoms with van der Waals surface area (Å²) in [6, 6.07) is 2.59. The van der Waals surface area contributed by atoms with Gasteiger partial charge in [-0.05, 0) is 13.1 Å². The fourth-order valence-corrected chi connectivity index (χ4v) is 1.47. The molecule has 0 bridgehead atoms. The lowest BCUT2D eigenvalue weighted by atomic mass is 10.3. The maximum Gasteiger partial charge on any atom is 0.337 e. The molecule has 6 heteroatoms. The third kappa shape index (κ3) is 4.31. The van der Waals surface area contributed by atoms with Crippen molar-refractivity contribution < 1.29 is 14.6 Å². The van der Waals surface area contributed by atoms with Crippen molar-refractivity contribution in [3.63, 3.8) is 0 Å². The number of carboxylic acid groups (broad SMARTS) is 1. The largest absolute Gasteiger partial charge is 0.478 e. The summed E-state index contributed by atoms with van der Waals surface area (Å²) in [6.07, 6.45) is 1.37. The number of hydrogen-bond acceptors (Lipinski definition) is 4. The highest BCUT2D eigenvalue weighted by Gasteiger charge is 2.06. The quantitative estimate of drug-likeness (QED) is 0.748. The second-order valence-electron chi connectivity index (χ2n) is 4.05. The molecule has 100 valence electrons. The average Bonchev–Trinajstić information content (AvgIpc) is 2.35. The van der Waals surface area contributed by atoms with Gasteiger partial charge < -0.3 is 19.3 Å². The summed E-state index contributed by atoms with van der Waals surface area (Å²) in [5.41, 5.74) is -0.0747. The molecule has 0 saturated carbocycles. The van der Waals surface area contributed by atoms with Crippen molar-refractivity contribution in [1.82, 2.24) is 9.47 Å². The Morgan fingerprint density at radius 1 is 1.44 bits per heavy atom. The minimum Gasteiger partial charge on any atom is -0.478 e. The molecule has 0 radical (unpaired) electrons. The Bertz CT molecular complexity index is 456. The van der Waals surface area contributed by atoms with Crippen LogP contribution >= 0.6 is 0 Å². The summed E-state index contributed by atoms with van der Waals surface area (Å²) in [6.45, 7) is 2.51. The number of carboxylic acids is 1. The fraction of sp³-hybridized carbons (Fsp3) is 0.500. The second kappa shape index (κ2) is 6.93. The molecule has 1 aromatic heterocycles. The van der Waals surface area contributed by atoms with Crippen LogP contribution in [-0.2, 0) is 11.3 Å². The van der Waals surface area contributed by atoms with E-state index in [1.807, 2.05) is 11.9 Å². The molecule has 0 atom stereocenters. The first-order chi connectivity index (χ1) is 8.54. The Balaban J connectivity index is 2.63. The first-order valence-corrected chi connectivity index (χ1v) is 5.66. The highest BCUT2D eigenvalue weighted by atomic mass is 16.5. The number of pyridine rings is 1. The molecule has 0 unspecified atom stereocenters. The molecule has 1 N–H and O–H groups in total. The first kappa shape index (κ1) is 14.4. The minimum absolute atomic E-state index is 0.120. The van der Waals surface area contributed by atoms with Gasteiger partial charge in [0.05, 0.1) is 12.2 Å². The highest BCUT2D eigenvalue weighted by Crippen LogP contribution is 1.96. The van der Waals surface area contributed by atoms with Crippen LogP contribution in [0.25, 0.3) is 0 Å². The van der Waals surface area contributed by atoms with Crippen molar-refractivity contribution in [3.05, 3.63) is 34.2 Å². The van der Waals surface area contributed by atoms with Crippen molar-refractivity contribution in [2.45, 2.75) is 6.54 Å². The Morgan fingerprint density at radius 2 is 2.17 bits per heavy atom. The average molecular weight is 254 g/mol. The van der Waals surface area contributed by atoms with Crippen LogP contribution in [0.1, 0.15) is 10.4 Å². The maximum atomic E-state index is 11.5. The smallest absolute Gasteiger partial charge is 0.337 e. The van der Waals surface area contributed by atoms with Crippen LogP contribution in [0.5, 0.6) is 0 Å². The monoisotopic (exact) mass is 254 g/mol. The van der Waals surface area contributed by atoms with E-state index < -0.39 is 5.97 Å². The van der Waals surface area contributed by atoms with E-state index >= 15 is 0 Å². The zero-order chi connectivity index (χ0) is 13.5. The molecular formula is C12H18N2O4. The third-order valence-electron chi connectivity index (χ3n) is 2.63. The Morgan fingerprint density at radius 3 is 2.78 bits per heavy atom. The van der Waals surface area contributed by atoms with Crippen molar-refractivity contribution in [3.8, 4) is 0 Å².